The number of Topliss-reactive ketones (excluding diaryl/α,β-unsaturated/α-hetero) is 1. The molecule has 1 heterocycles. The number of hydrogen-bond acceptors (Lipinski definition) is 6. The molecule has 0 aromatic heterocycles. The molecule has 0 saturated carbocycles. The molecule has 1 fully saturated rings. The Morgan fingerprint density at radius 2 is 1.71 bits per heavy atom. The SMILES string of the molecule is CC(=O)O.CCC(=O)c1ccc(OCC2CN(c3ccc(C(=N)N)cc3)C(=O)O2)cc1. The van der Waals surface area contributed by atoms with Crippen LogP contribution < -0.4 is 15.4 Å². The third kappa shape index (κ3) is 6.84. The number of hydrogen-bond donors (Lipinski definition) is 3. The van der Waals surface area contributed by atoms with Gasteiger partial charge < -0.3 is 20.3 Å². The number of ketones is 1. The summed E-state index contributed by atoms with van der Waals surface area (Å²) >= 11 is 0. The van der Waals surface area contributed by atoms with Gasteiger partial charge in [0.2, 0.25) is 0 Å². The molecule has 1 aliphatic heterocycles. The zero-order valence-electron chi connectivity index (χ0n) is 17.3. The maximum Gasteiger partial charge on any atom is 0.414 e. The summed E-state index contributed by atoms with van der Waals surface area (Å²) in [4.78, 5) is 34.3. The summed E-state index contributed by atoms with van der Waals surface area (Å²) in [7, 11) is 0. The molecule has 3 rings (SSSR count). The van der Waals surface area contributed by atoms with Crippen molar-refractivity contribution in [1.82, 2.24) is 0 Å². The molecule has 4 N–H and O–H groups in total. The van der Waals surface area contributed by atoms with Crippen LogP contribution in [0.1, 0.15) is 36.2 Å². The van der Waals surface area contributed by atoms with Gasteiger partial charge in [0.05, 0.1) is 6.54 Å². The zero-order chi connectivity index (χ0) is 23.0. The molecule has 1 unspecified atom stereocenters. The summed E-state index contributed by atoms with van der Waals surface area (Å²) in [6, 6.07) is 13.8. The van der Waals surface area contributed by atoms with E-state index in [2.05, 4.69) is 0 Å². The van der Waals surface area contributed by atoms with E-state index in [0.717, 1.165) is 6.92 Å². The maximum atomic E-state index is 12.1. The topological polar surface area (TPSA) is 143 Å². The molecule has 0 radical (unpaired) electrons. The highest BCUT2D eigenvalue weighted by Crippen LogP contribution is 2.23. The minimum Gasteiger partial charge on any atom is -0.490 e. The molecular weight excluding hydrogens is 402 g/mol. The fourth-order valence-corrected chi connectivity index (χ4v) is 2.77. The van der Waals surface area contributed by atoms with Gasteiger partial charge >= 0.3 is 6.09 Å². The smallest absolute Gasteiger partial charge is 0.414 e. The fourth-order valence-electron chi connectivity index (χ4n) is 2.77. The number of rotatable bonds is 7. The number of carbonyl (C=O) groups is 3. The average molecular weight is 427 g/mol. The highest BCUT2D eigenvalue weighted by atomic mass is 16.6. The van der Waals surface area contributed by atoms with Crippen molar-refractivity contribution in [3.05, 3.63) is 59.7 Å². The Balaban J connectivity index is 0.000000785. The number of anilines is 1. The van der Waals surface area contributed by atoms with E-state index in [1.807, 2.05) is 6.92 Å². The number of nitrogens with two attached hydrogens (primary N) is 1. The molecule has 31 heavy (non-hydrogen) atoms. The van der Waals surface area contributed by atoms with E-state index in [4.69, 9.17) is 30.5 Å². The molecule has 1 amide bonds. The number of carbonyl (C=O) groups excluding carboxylic acids is 2. The maximum absolute atomic E-state index is 12.1. The second kappa shape index (κ2) is 10.8. The van der Waals surface area contributed by atoms with Crippen molar-refractivity contribution in [1.29, 1.82) is 5.41 Å². The number of carboxylic acids is 1. The number of carboxylic acid groups (broad SMARTS) is 1. The highest BCUT2D eigenvalue weighted by molar-refractivity contribution is 5.96. The fraction of sp³-hybridized carbons (Fsp3) is 0.273. The van der Waals surface area contributed by atoms with Crippen LogP contribution >= 0.6 is 0 Å². The van der Waals surface area contributed by atoms with E-state index in [-0.39, 0.29) is 18.2 Å². The van der Waals surface area contributed by atoms with Crippen molar-refractivity contribution < 1.29 is 29.0 Å². The molecule has 2 aromatic carbocycles. The molecule has 164 valence electrons. The zero-order valence-corrected chi connectivity index (χ0v) is 17.3. The largest absolute Gasteiger partial charge is 0.490 e. The van der Waals surface area contributed by atoms with E-state index in [1.165, 1.54) is 4.90 Å². The van der Waals surface area contributed by atoms with Crippen molar-refractivity contribution in [2.75, 3.05) is 18.1 Å². The molecule has 0 spiro atoms. The van der Waals surface area contributed by atoms with Crippen LogP contribution in [0.25, 0.3) is 0 Å². The van der Waals surface area contributed by atoms with Crippen LogP contribution in [0.5, 0.6) is 5.75 Å². The van der Waals surface area contributed by atoms with Gasteiger partial charge in [-0.25, -0.2) is 4.79 Å². The van der Waals surface area contributed by atoms with Gasteiger partial charge in [-0.2, -0.15) is 0 Å². The quantitative estimate of drug-likeness (QED) is 0.350. The van der Waals surface area contributed by atoms with Crippen LogP contribution in [-0.2, 0) is 9.53 Å². The summed E-state index contributed by atoms with van der Waals surface area (Å²) in [5.74, 6) is -0.163. The van der Waals surface area contributed by atoms with Crippen LogP contribution in [-0.4, -0.2) is 48.0 Å². The van der Waals surface area contributed by atoms with E-state index in [0.29, 0.717) is 35.5 Å². The Morgan fingerprint density at radius 1 is 1.16 bits per heavy atom. The molecule has 0 aliphatic carbocycles. The molecule has 9 heteroatoms. The predicted octanol–water partition coefficient (Wildman–Crippen LogP) is 3.06. The van der Waals surface area contributed by atoms with Gasteiger partial charge in [-0.05, 0) is 48.5 Å². The molecule has 1 atom stereocenters. The summed E-state index contributed by atoms with van der Waals surface area (Å²) in [6.45, 7) is 3.49. The summed E-state index contributed by atoms with van der Waals surface area (Å²) in [5, 5.41) is 14.8. The van der Waals surface area contributed by atoms with Crippen LogP contribution in [0.3, 0.4) is 0 Å². The van der Waals surface area contributed by atoms with Crippen LogP contribution in [0.4, 0.5) is 10.5 Å². The molecule has 1 saturated heterocycles. The lowest BCUT2D eigenvalue weighted by molar-refractivity contribution is -0.134. The van der Waals surface area contributed by atoms with E-state index in [1.54, 1.807) is 48.5 Å². The minimum atomic E-state index is -0.833. The van der Waals surface area contributed by atoms with Crippen LogP contribution in [0.2, 0.25) is 0 Å². The molecular formula is C22H25N3O6. The van der Waals surface area contributed by atoms with Crippen LogP contribution in [0, 0.1) is 5.41 Å². The van der Waals surface area contributed by atoms with Gasteiger partial charge in [-0.1, -0.05) is 6.92 Å². The first-order valence-corrected chi connectivity index (χ1v) is 9.59. The Bertz CT molecular complexity index is 937. The van der Waals surface area contributed by atoms with Crippen molar-refractivity contribution in [2.24, 2.45) is 5.73 Å². The molecule has 9 nitrogen and oxygen atoms in total. The lowest BCUT2D eigenvalue weighted by Crippen LogP contribution is -2.26. The number of ether oxygens (including phenoxy) is 2. The number of amidine groups is 1. The number of benzene rings is 2. The molecule has 2 aromatic rings. The van der Waals surface area contributed by atoms with Gasteiger partial charge in [0.25, 0.3) is 5.97 Å². The second-order valence-electron chi connectivity index (χ2n) is 6.71. The van der Waals surface area contributed by atoms with Gasteiger partial charge in [0.15, 0.2) is 11.9 Å². The normalized spacial score (nSPS) is 14.8. The number of aliphatic carboxylic acids is 1. The first kappa shape index (κ1) is 23.4. The lowest BCUT2D eigenvalue weighted by Gasteiger charge is -2.13. The lowest BCUT2D eigenvalue weighted by atomic mass is 10.1. The van der Waals surface area contributed by atoms with Crippen molar-refractivity contribution in [2.45, 2.75) is 26.4 Å². The van der Waals surface area contributed by atoms with Crippen molar-refractivity contribution in [3.8, 4) is 5.75 Å². The molecule has 0 bridgehead atoms. The summed E-state index contributed by atoms with van der Waals surface area (Å²) in [5.41, 5.74) is 7.36. The number of nitrogen functional groups attached to an aromatic ring is 1. The van der Waals surface area contributed by atoms with Gasteiger partial charge in [0, 0.05) is 30.2 Å². The number of nitrogens with zero attached hydrogens (tertiary/aromatic N) is 1. The number of cyclic esters (lactones) is 1. The summed E-state index contributed by atoms with van der Waals surface area (Å²) < 4.78 is 11.0. The van der Waals surface area contributed by atoms with E-state index >= 15 is 0 Å². The minimum absolute atomic E-state index is 0.0246. The Labute approximate surface area is 179 Å². The first-order valence-electron chi connectivity index (χ1n) is 9.59. The summed E-state index contributed by atoms with van der Waals surface area (Å²) in [6.07, 6.45) is -0.383. The Morgan fingerprint density at radius 3 is 2.23 bits per heavy atom. The average Bonchev–Trinajstić information content (AvgIpc) is 3.12. The standard InChI is InChI=1S/C20H21N3O4.C2H4O2/c1-2-18(24)13-5-9-16(10-6-13)26-12-17-11-23(20(25)27-17)15-7-3-14(4-8-15)19(21)22;1-2(3)4/h3-10,17H,2,11-12H2,1H3,(H3,21,22);1H3,(H,3,4). The number of amides is 1. The Kier molecular flexibility index (Phi) is 8.13. The van der Waals surface area contributed by atoms with Crippen molar-refractivity contribution in [3.63, 3.8) is 0 Å². The van der Waals surface area contributed by atoms with E-state index in [9.17, 15) is 9.59 Å². The Hall–Kier alpha value is -3.88. The second-order valence-corrected chi connectivity index (χ2v) is 6.71. The third-order valence-corrected chi connectivity index (χ3v) is 4.30. The monoisotopic (exact) mass is 427 g/mol. The first-order chi connectivity index (χ1) is 14.7. The predicted molar refractivity (Wildman–Crippen MR) is 115 cm³/mol. The van der Waals surface area contributed by atoms with Crippen LogP contribution in [0.15, 0.2) is 48.5 Å². The van der Waals surface area contributed by atoms with Gasteiger partial charge in [0.1, 0.15) is 18.2 Å². The van der Waals surface area contributed by atoms with Crippen molar-refractivity contribution >= 4 is 29.4 Å². The highest BCUT2D eigenvalue weighted by Gasteiger charge is 2.32. The molecule has 1 aliphatic rings. The third-order valence-electron chi connectivity index (χ3n) is 4.30. The van der Waals surface area contributed by atoms with Gasteiger partial charge in [-0.15, -0.1) is 0 Å². The van der Waals surface area contributed by atoms with Gasteiger partial charge in [-0.3, -0.25) is 19.9 Å². The number of nitrogens with one attached hydrogen (secondary N) is 1. The van der Waals surface area contributed by atoms with E-state index < -0.39 is 18.2 Å².